The number of rotatable bonds is 3. The van der Waals surface area contributed by atoms with Crippen LogP contribution in [0.2, 0.25) is 0 Å². The molecule has 1 aliphatic rings. The zero-order valence-electron chi connectivity index (χ0n) is 10.3. The minimum Gasteiger partial charge on any atom is -0.477 e. The van der Waals surface area contributed by atoms with Crippen LogP contribution in [0.1, 0.15) is 39.6 Å². The number of aromatic carboxylic acids is 1. The Morgan fingerprint density at radius 1 is 1.37 bits per heavy atom. The predicted octanol–water partition coefficient (Wildman–Crippen LogP) is 3.12. The molecule has 0 spiro atoms. The first-order valence-corrected chi connectivity index (χ1v) is 6.33. The first kappa shape index (κ1) is 12.0. The molecule has 0 saturated heterocycles. The van der Waals surface area contributed by atoms with E-state index < -0.39 is 5.97 Å². The SMILES string of the molecule is O=C(O)c1cc2c([nH]1)CCC2Cc1ccc(F)cc1. The molecule has 2 N–H and O–H groups in total. The van der Waals surface area contributed by atoms with Crippen LogP contribution in [0.15, 0.2) is 30.3 Å². The summed E-state index contributed by atoms with van der Waals surface area (Å²) in [6.07, 6.45) is 2.72. The summed E-state index contributed by atoms with van der Waals surface area (Å²) < 4.78 is 12.9. The molecule has 19 heavy (non-hydrogen) atoms. The maximum atomic E-state index is 12.9. The zero-order chi connectivity index (χ0) is 13.4. The molecule has 1 aromatic heterocycles. The van der Waals surface area contributed by atoms with Gasteiger partial charge in [0.1, 0.15) is 11.5 Å². The summed E-state index contributed by atoms with van der Waals surface area (Å²) in [5.74, 6) is -0.828. The molecule has 0 fully saturated rings. The lowest BCUT2D eigenvalue weighted by Gasteiger charge is -2.09. The van der Waals surface area contributed by atoms with Crippen LogP contribution in [-0.4, -0.2) is 16.1 Å². The van der Waals surface area contributed by atoms with E-state index in [1.54, 1.807) is 18.2 Å². The van der Waals surface area contributed by atoms with Gasteiger partial charge >= 0.3 is 5.97 Å². The number of hydrogen-bond acceptors (Lipinski definition) is 1. The van der Waals surface area contributed by atoms with Crippen LogP contribution in [0.3, 0.4) is 0 Å². The molecule has 98 valence electrons. The molecule has 3 nitrogen and oxygen atoms in total. The van der Waals surface area contributed by atoms with Gasteiger partial charge in [-0.15, -0.1) is 0 Å². The maximum Gasteiger partial charge on any atom is 0.352 e. The number of hydrogen-bond donors (Lipinski definition) is 2. The standard InChI is InChI=1S/C15H14FNO2/c16-11-4-1-9(2-5-11)7-10-3-6-13-12(10)8-14(17-13)15(18)19/h1-2,4-5,8,10,17H,3,6-7H2,(H,18,19). The smallest absolute Gasteiger partial charge is 0.352 e. The molecule has 1 aliphatic carbocycles. The second kappa shape index (κ2) is 4.53. The molecule has 0 aliphatic heterocycles. The Balaban J connectivity index is 1.82. The first-order chi connectivity index (χ1) is 9.13. The van der Waals surface area contributed by atoms with E-state index in [0.717, 1.165) is 36.1 Å². The molecule has 4 heteroatoms. The third-order valence-electron chi connectivity index (χ3n) is 3.74. The highest BCUT2D eigenvalue weighted by Gasteiger charge is 2.26. The number of aromatic amines is 1. The molecule has 2 aromatic rings. The fraction of sp³-hybridized carbons (Fsp3) is 0.267. The van der Waals surface area contributed by atoms with Crippen molar-refractivity contribution in [1.82, 2.24) is 4.98 Å². The normalized spacial score (nSPS) is 17.4. The summed E-state index contributed by atoms with van der Waals surface area (Å²) in [5.41, 5.74) is 3.47. The number of carboxylic acids is 1. The molecule has 1 heterocycles. The predicted molar refractivity (Wildman–Crippen MR) is 68.9 cm³/mol. The average molecular weight is 259 g/mol. The number of aryl methyl sites for hydroxylation is 1. The molecular formula is C15H14FNO2. The summed E-state index contributed by atoms with van der Waals surface area (Å²) in [5, 5.41) is 8.98. The molecule has 1 aromatic carbocycles. The van der Waals surface area contributed by atoms with E-state index >= 15 is 0 Å². The fourth-order valence-corrected chi connectivity index (χ4v) is 2.79. The van der Waals surface area contributed by atoms with Gasteiger partial charge in [0, 0.05) is 5.69 Å². The Bertz CT molecular complexity index is 616. The van der Waals surface area contributed by atoms with Crippen molar-refractivity contribution < 1.29 is 14.3 Å². The van der Waals surface area contributed by atoms with E-state index in [2.05, 4.69) is 4.98 Å². The van der Waals surface area contributed by atoms with Crippen molar-refractivity contribution in [2.24, 2.45) is 0 Å². The van der Waals surface area contributed by atoms with Gasteiger partial charge < -0.3 is 10.1 Å². The maximum absolute atomic E-state index is 12.9. The number of H-pyrrole nitrogens is 1. The van der Waals surface area contributed by atoms with Gasteiger partial charge in [0.15, 0.2) is 0 Å². The van der Waals surface area contributed by atoms with Gasteiger partial charge in [-0.25, -0.2) is 9.18 Å². The highest BCUT2D eigenvalue weighted by molar-refractivity contribution is 5.86. The average Bonchev–Trinajstić information content (AvgIpc) is 2.94. The summed E-state index contributed by atoms with van der Waals surface area (Å²) in [4.78, 5) is 13.9. The van der Waals surface area contributed by atoms with Crippen LogP contribution >= 0.6 is 0 Å². The third-order valence-corrected chi connectivity index (χ3v) is 3.74. The molecule has 1 atom stereocenters. The lowest BCUT2D eigenvalue weighted by atomic mass is 9.94. The van der Waals surface area contributed by atoms with E-state index in [-0.39, 0.29) is 11.5 Å². The van der Waals surface area contributed by atoms with Crippen LogP contribution < -0.4 is 0 Å². The number of benzene rings is 1. The van der Waals surface area contributed by atoms with Crippen molar-refractivity contribution in [3.8, 4) is 0 Å². The second-order valence-corrected chi connectivity index (χ2v) is 4.99. The Hall–Kier alpha value is -2.10. The topological polar surface area (TPSA) is 53.1 Å². The number of carbonyl (C=O) groups is 1. The van der Waals surface area contributed by atoms with Crippen LogP contribution in [0, 0.1) is 5.82 Å². The minimum atomic E-state index is -0.921. The number of fused-ring (bicyclic) bond motifs is 1. The van der Waals surface area contributed by atoms with E-state index in [0.29, 0.717) is 5.92 Å². The highest BCUT2D eigenvalue weighted by atomic mass is 19.1. The second-order valence-electron chi connectivity index (χ2n) is 4.99. The lowest BCUT2D eigenvalue weighted by molar-refractivity contribution is 0.0691. The van der Waals surface area contributed by atoms with E-state index in [4.69, 9.17) is 5.11 Å². The van der Waals surface area contributed by atoms with Crippen molar-refractivity contribution in [3.05, 3.63) is 58.7 Å². The summed E-state index contributed by atoms with van der Waals surface area (Å²) in [6.45, 7) is 0. The Kier molecular flexibility index (Phi) is 2.85. The van der Waals surface area contributed by atoms with Gasteiger partial charge in [0.25, 0.3) is 0 Å². The minimum absolute atomic E-state index is 0.231. The molecule has 3 rings (SSSR count). The molecular weight excluding hydrogens is 245 g/mol. The first-order valence-electron chi connectivity index (χ1n) is 6.33. The van der Waals surface area contributed by atoms with Gasteiger partial charge in [0.05, 0.1) is 0 Å². The number of aromatic nitrogens is 1. The lowest BCUT2D eigenvalue weighted by Crippen LogP contribution is -2.00. The third kappa shape index (κ3) is 2.26. The van der Waals surface area contributed by atoms with Crippen LogP contribution in [-0.2, 0) is 12.8 Å². The summed E-state index contributed by atoms with van der Waals surface area (Å²) in [6, 6.07) is 8.24. The Labute approximate surface area is 110 Å². The van der Waals surface area contributed by atoms with Gasteiger partial charge in [-0.1, -0.05) is 12.1 Å². The van der Waals surface area contributed by atoms with E-state index in [1.165, 1.54) is 12.1 Å². The van der Waals surface area contributed by atoms with Crippen molar-refractivity contribution >= 4 is 5.97 Å². The van der Waals surface area contributed by atoms with Gasteiger partial charge in [-0.05, 0) is 54.5 Å². The Morgan fingerprint density at radius 2 is 2.11 bits per heavy atom. The van der Waals surface area contributed by atoms with Crippen LogP contribution in [0.25, 0.3) is 0 Å². The van der Waals surface area contributed by atoms with E-state index in [9.17, 15) is 9.18 Å². The summed E-state index contributed by atoms with van der Waals surface area (Å²) in [7, 11) is 0. The fourth-order valence-electron chi connectivity index (χ4n) is 2.79. The van der Waals surface area contributed by atoms with Gasteiger partial charge in [-0.2, -0.15) is 0 Å². The molecule has 0 bridgehead atoms. The van der Waals surface area contributed by atoms with Crippen molar-refractivity contribution in [1.29, 1.82) is 0 Å². The quantitative estimate of drug-likeness (QED) is 0.889. The molecule has 0 amide bonds. The summed E-state index contributed by atoms with van der Waals surface area (Å²) >= 11 is 0. The van der Waals surface area contributed by atoms with E-state index in [1.807, 2.05) is 0 Å². The molecule has 0 saturated carbocycles. The Morgan fingerprint density at radius 3 is 2.79 bits per heavy atom. The molecule has 0 radical (unpaired) electrons. The van der Waals surface area contributed by atoms with Crippen LogP contribution in [0.5, 0.6) is 0 Å². The number of nitrogens with one attached hydrogen (secondary N) is 1. The zero-order valence-corrected chi connectivity index (χ0v) is 10.3. The number of halogens is 1. The van der Waals surface area contributed by atoms with Gasteiger partial charge in [0.2, 0.25) is 0 Å². The van der Waals surface area contributed by atoms with Crippen molar-refractivity contribution in [2.75, 3.05) is 0 Å². The van der Waals surface area contributed by atoms with Crippen LogP contribution in [0.4, 0.5) is 4.39 Å². The number of carboxylic acid groups (broad SMARTS) is 1. The van der Waals surface area contributed by atoms with Crippen molar-refractivity contribution in [2.45, 2.75) is 25.2 Å². The highest BCUT2D eigenvalue weighted by Crippen LogP contribution is 2.35. The largest absolute Gasteiger partial charge is 0.477 e. The molecule has 1 unspecified atom stereocenters. The monoisotopic (exact) mass is 259 g/mol. The van der Waals surface area contributed by atoms with Gasteiger partial charge in [-0.3, -0.25) is 0 Å². The van der Waals surface area contributed by atoms with Crippen molar-refractivity contribution in [3.63, 3.8) is 0 Å².